The van der Waals surface area contributed by atoms with E-state index in [4.69, 9.17) is 14.1 Å². The summed E-state index contributed by atoms with van der Waals surface area (Å²) < 4.78 is 11.3. The third-order valence-corrected chi connectivity index (χ3v) is 6.40. The van der Waals surface area contributed by atoms with E-state index in [-0.39, 0.29) is 18.0 Å². The second-order valence-corrected chi connectivity index (χ2v) is 9.56. The second-order valence-electron chi connectivity index (χ2n) is 8.55. The van der Waals surface area contributed by atoms with Crippen LogP contribution in [0.5, 0.6) is 0 Å². The van der Waals surface area contributed by atoms with Crippen molar-refractivity contribution in [3.05, 3.63) is 113 Å². The first kappa shape index (κ1) is 24.3. The number of hydrogen-bond acceptors (Lipinski definition) is 6. The molecule has 5 rings (SSSR count). The molecule has 0 bridgehead atoms. The van der Waals surface area contributed by atoms with Gasteiger partial charge in [-0.25, -0.2) is 9.79 Å². The molecule has 3 aromatic carbocycles. The summed E-state index contributed by atoms with van der Waals surface area (Å²) in [7, 11) is 0. The van der Waals surface area contributed by atoms with E-state index < -0.39 is 0 Å². The van der Waals surface area contributed by atoms with Gasteiger partial charge in [0.1, 0.15) is 11.5 Å². The Kier molecular flexibility index (Phi) is 7.05. The first-order valence-electron chi connectivity index (χ1n) is 11.8. The highest BCUT2D eigenvalue weighted by Crippen LogP contribution is 2.37. The first-order chi connectivity index (χ1) is 18.0. The van der Waals surface area contributed by atoms with E-state index in [9.17, 15) is 9.59 Å². The van der Waals surface area contributed by atoms with Gasteiger partial charge in [0.05, 0.1) is 27.9 Å². The smallest absolute Gasteiger partial charge is 0.338 e. The Hall–Kier alpha value is -4.36. The molecule has 0 atom stereocenters. The number of esters is 1. The van der Waals surface area contributed by atoms with Crippen LogP contribution in [-0.2, 0) is 9.53 Å². The lowest BCUT2D eigenvalue weighted by Gasteiger charge is -2.15. The number of hydrogen-bond donors (Lipinski definition) is 0. The van der Waals surface area contributed by atoms with Gasteiger partial charge < -0.3 is 9.15 Å². The largest absolute Gasteiger partial charge is 0.459 e. The Morgan fingerprint density at radius 3 is 2.41 bits per heavy atom. The Balaban J connectivity index is 1.44. The van der Waals surface area contributed by atoms with Crippen molar-refractivity contribution >= 4 is 46.3 Å². The molecule has 4 aromatic rings. The number of nitrogens with zero attached hydrogens (tertiary/aromatic N) is 2. The molecular weight excluding hydrogens is 484 g/mol. The number of furan rings is 1. The zero-order valence-corrected chi connectivity index (χ0v) is 21.1. The highest BCUT2D eigenvalue weighted by atomic mass is 32.2. The standard InChI is InChI=1S/C30H24N2O4S/c1-20(2)35-29(34)22-11-9-10-21(18-22)26-17-16-25(36-26)19-27-28(33)32(24-14-7-4-8-15-24)30(37-27)31-23-12-5-3-6-13-23/h3-20H,1-2H3/b27-19+,31-30?. The third kappa shape index (κ3) is 5.57. The van der Waals surface area contributed by atoms with Crippen LogP contribution in [0.3, 0.4) is 0 Å². The van der Waals surface area contributed by atoms with Gasteiger partial charge in [0.25, 0.3) is 5.91 Å². The number of para-hydroxylation sites is 2. The summed E-state index contributed by atoms with van der Waals surface area (Å²) in [6.45, 7) is 3.62. The first-order valence-corrected chi connectivity index (χ1v) is 12.6. The molecule has 1 aromatic heterocycles. The molecule has 0 radical (unpaired) electrons. The van der Waals surface area contributed by atoms with Gasteiger partial charge in [0.15, 0.2) is 5.17 Å². The number of carbonyl (C=O) groups is 2. The lowest BCUT2D eigenvalue weighted by atomic mass is 10.1. The molecular formula is C30H24N2O4S. The molecule has 0 aliphatic carbocycles. The highest BCUT2D eigenvalue weighted by Gasteiger charge is 2.35. The molecule has 1 fully saturated rings. The van der Waals surface area contributed by atoms with Crippen LogP contribution in [0, 0.1) is 0 Å². The zero-order chi connectivity index (χ0) is 25.8. The molecule has 1 aliphatic rings. The quantitative estimate of drug-likeness (QED) is 0.202. The van der Waals surface area contributed by atoms with Crippen molar-refractivity contribution in [1.29, 1.82) is 0 Å². The number of ether oxygens (including phenoxy) is 1. The van der Waals surface area contributed by atoms with Crippen LogP contribution >= 0.6 is 11.8 Å². The summed E-state index contributed by atoms with van der Waals surface area (Å²) in [5.41, 5.74) is 2.69. The minimum atomic E-state index is -0.384. The van der Waals surface area contributed by atoms with Crippen molar-refractivity contribution in [1.82, 2.24) is 0 Å². The lowest BCUT2D eigenvalue weighted by molar-refractivity contribution is -0.113. The van der Waals surface area contributed by atoms with E-state index in [0.29, 0.717) is 27.2 Å². The number of carbonyl (C=O) groups excluding carboxylic acids is 2. The minimum Gasteiger partial charge on any atom is -0.459 e. The van der Waals surface area contributed by atoms with Gasteiger partial charge in [-0.1, -0.05) is 48.5 Å². The Morgan fingerprint density at radius 1 is 0.946 bits per heavy atom. The second kappa shape index (κ2) is 10.7. The van der Waals surface area contributed by atoms with E-state index in [1.54, 1.807) is 35.2 Å². The van der Waals surface area contributed by atoms with Crippen LogP contribution < -0.4 is 4.90 Å². The summed E-state index contributed by atoms with van der Waals surface area (Å²) in [5, 5.41) is 0.566. The van der Waals surface area contributed by atoms with Crippen molar-refractivity contribution in [2.75, 3.05) is 4.90 Å². The van der Waals surface area contributed by atoms with Crippen LogP contribution in [-0.4, -0.2) is 23.1 Å². The summed E-state index contributed by atoms with van der Waals surface area (Å²) in [4.78, 5) is 32.6. The van der Waals surface area contributed by atoms with Gasteiger partial charge in [0, 0.05) is 11.6 Å². The topological polar surface area (TPSA) is 72.1 Å². The van der Waals surface area contributed by atoms with E-state index in [1.165, 1.54) is 11.8 Å². The van der Waals surface area contributed by atoms with Crippen LogP contribution in [0.25, 0.3) is 17.4 Å². The van der Waals surface area contributed by atoms with Crippen molar-refractivity contribution < 1.29 is 18.7 Å². The minimum absolute atomic E-state index is 0.178. The number of benzene rings is 3. The van der Waals surface area contributed by atoms with Crippen molar-refractivity contribution in [3.63, 3.8) is 0 Å². The molecule has 184 valence electrons. The fourth-order valence-electron chi connectivity index (χ4n) is 3.76. The van der Waals surface area contributed by atoms with Crippen molar-refractivity contribution in [2.45, 2.75) is 20.0 Å². The maximum atomic E-state index is 13.5. The molecule has 2 heterocycles. The summed E-state index contributed by atoms with van der Waals surface area (Å²) >= 11 is 1.29. The predicted molar refractivity (Wildman–Crippen MR) is 148 cm³/mol. The summed E-state index contributed by atoms with van der Waals surface area (Å²) in [6, 6.07) is 29.7. The number of rotatable bonds is 6. The summed E-state index contributed by atoms with van der Waals surface area (Å²) in [5.74, 6) is 0.543. The molecule has 0 unspecified atom stereocenters. The molecule has 37 heavy (non-hydrogen) atoms. The van der Waals surface area contributed by atoms with E-state index in [1.807, 2.05) is 86.6 Å². The number of thioether (sulfide) groups is 1. The van der Waals surface area contributed by atoms with Crippen LogP contribution in [0.4, 0.5) is 11.4 Å². The molecule has 0 N–H and O–H groups in total. The van der Waals surface area contributed by atoms with E-state index in [0.717, 1.165) is 16.9 Å². The van der Waals surface area contributed by atoms with Gasteiger partial charge in [-0.15, -0.1) is 0 Å². The van der Waals surface area contributed by atoms with Gasteiger partial charge >= 0.3 is 5.97 Å². The fraction of sp³-hybridized carbons (Fsp3) is 0.100. The normalized spacial score (nSPS) is 15.6. The maximum absolute atomic E-state index is 13.5. The predicted octanol–water partition coefficient (Wildman–Crippen LogP) is 7.32. The maximum Gasteiger partial charge on any atom is 0.338 e. The Bertz CT molecular complexity index is 1490. The third-order valence-electron chi connectivity index (χ3n) is 5.43. The molecule has 1 amide bonds. The van der Waals surface area contributed by atoms with E-state index in [2.05, 4.69) is 0 Å². The average molecular weight is 509 g/mol. The molecule has 7 heteroatoms. The number of amidine groups is 1. The number of amides is 1. The number of anilines is 1. The Labute approximate surface area is 219 Å². The zero-order valence-electron chi connectivity index (χ0n) is 20.3. The highest BCUT2D eigenvalue weighted by molar-refractivity contribution is 8.19. The molecule has 6 nitrogen and oxygen atoms in total. The molecule has 0 saturated carbocycles. The van der Waals surface area contributed by atoms with Gasteiger partial charge in [-0.2, -0.15) is 0 Å². The van der Waals surface area contributed by atoms with E-state index >= 15 is 0 Å². The molecule has 1 aliphatic heterocycles. The Morgan fingerprint density at radius 2 is 1.68 bits per heavy atom. The average Bonchev–Trinajstić information content (AvgIpc) is 3.49. The molecule has 0 spiro atoms. The van der Waals surface area contributed by atoms with Crippen molar-refractivity contribution in [2.24, 2.45) is 4.99 Å². The SMILES string of the molecule is CC(C)OC(=O)c1cccc(-c2ccc(/C=C3/SC(=Nc4ccccc4)N(c4ccccc4)C3=O)o2)c1. The number of aliphatic imine (C=N–C) groups is 1. The van der Waals surface area contributed by atoms with Gasteiger partial charge in [-0.05, 0) is 74.1 Å². The van der Waals surface area contributed by atoms with Crippen molar-refractivity contribution in [3.8, 4) is 11.3 Å². The molecule has 1 saturated heterocycles. The van der Waals surface area contributed by atoms with Gasteiger partial charge in [0.2, 0.25) is 0 Å². The van der Waals surface area contributed by atoms with Crippen LogP contribution in [0.1, 0.15) is 30.0 Å². The summed E-state index contributed by atoms with van der Waals surface area (Å²) in [6.07, 6.45) is 1.52. The monoisotopic (exact) mass is 508 g/mol. The van der Waals surface area contributed by atoms with Gasteiger partial charge in [-0.3, -0.25) is 9.69 Å². The van der Waals surface area contributed by atoms with Crippen LogP contribution in [0.2, 0.25) is 0 Å². The fourth-order valence-corrected chi connectivity index (χ4v) is 4.74. The van der Waals surface area contributed by atoms with Crippen LogP contribution in [0.15, 0.2) is 111 Å². The lowest BCUT2D eigenvalue weighted by Crippen LogP contribution is -2.28.